The van der Waals surface area contributed by atoms with Crippen molar-refractivity contribution in [1.82, 2.24) is 45.3 Å². The number of nitrogens with zero attached hydrogens (tertiary/aromatic N) is 7. The Labute approximate surface area is 546 Å². The maximum Gasteiger partial charge on any atom is 0.332 e. The van der Waals surface area contributed by atoms with Crippen molar-refractivity contribution in [3.05, 3.63) is 90.0 Å². The molecule has 6 rings (SSSR count). The largest absolute Gasteiger partial charge is 0.450 e. The maximum absolute atomic E-state index is 15.8. The van der Waals surface area contributed by atoms with E-state index < -0.39 is 137 Å². The van der Waals surface area contributed by atoms with Gasteiger partial charge in [0.15, 0.2) is 12.1 Å². The fourth-order valence-corrected chi connectivity index (χ4v) is 13.2. The molecule has 3 aliphatic rings. The third-order valence-electron chi connectivity index (χ3n) is 19.0. The Bertz CT molecular complexity index is 3030. The first-order valence-electron chi connectivity index (χ1n) is 33.2. The van der Waals surface area contributed by atoms with Crippen LogP contribution in [0.25, 0.3) is 11.1 Å². The molecule has 3 fully saturated rings. The van der Waals surface area contributed by atoms with Crippen LogP contribution in [-0.2, 0) is 60.7 Å². The number of nitrogens with one attached hydrogen (secondary N) is 3. The molecule has 3 saturated heterocycles. The monoisotopic (exact) mass is 1270 g/mol. The minimum absolute atomic E-state index is 0.00210. The molecule has 21 heteroatoms. The molecule has 21 nitrogen and oxygen atoms in total. The molecule has 0 bridgehead atoms. The zero-order valence-electron chi connectivity index (χ0n) is 57.7. The van der Waals surface area contributed by atoms with Crippen molar-refractivity contribution in [2.45, 2.75) is 188 Å². The molecule has 2 unspecified atom stereocenters. The van der Waals surface area contributed by atoms with Gasteiger partial charge in [0.1, 0.15) is 42.3 Å². The number of fused-ring (bicyclic) bond motifs is 1. The van der Waals surface area contributed by atoms with Gasteiger partial charge in [0.25, 0.3) is 5.91 Å². The van der Waals surface area contributed by atoms with Gasteiger partial charge in [0, 0.05) is 85.4 Å². The Balaban J connectivity index is 1.50. The summed E-state index contributed by atoms with van der Waals surface area (Å²) in [6.07, 6.45) is -0.0505. The van der Waals surface area contributed by atoms with Crippen LogP contribution in [0.5, 0.6) is 0 Å². The Hall–Kier alpha value is -7.39. The van der Waals surface area contributed by atoms with Crippen LogP contribution >= 0.6 is 0 Å². The number of benzene rings is 3. The van der Waals surface area contributed by atoms with E-state index in [9.17, 15) is 19.5 Å². The van der Waals surface area contributed by atoms with Crippen LogP contribution in [0.4, 0.5) is 5.69 Å². The fraction of sp³-hybridized carbons (Fsp3) is 0.620. The summed E-state index contributed by atoms with van der Waals surface area (Å²) in [6.45, 7) is 24.5. The number of cyclic esters (lactones) is 1. The Morgan fingerprint density at radius 3 is 1.66 bits per heavy atom. The maximum atomic E-state index is 15.8. The van der Waals surface area contributed by atoms with Crippen molar-refractivity contribution in [2.24, 2.45) is 29.6 Å². The molecule has 8 amide bonds. The summed E-state index contributed by atoms with van der Waals surface area (Å²) >= 11 is 0. The van der Waals surface area contributed by atoms with Gasteiger partial charge >= 0.3 is 5.97 Å². The smallest absolute Gasteiger partial charge is 0.332 e. The molecular weight excluding hydrogens is 1170 g/mol. The predicted octanol–water partition coefficient (Wildman–Crippen LogP) is 5.79. The SMILES string of the molecule is CC[C@H](C)[C@@H]1NC(=O)[C@@H]2CCCN2C(=O)[C@H](Cc2cccc(-c3ccc(N4CCN(C)CC4)cc3)c2)N(C)C(=O)[C@H](Cc2ccccc2)NC(=O)C(C(C)C)N(C)C(=O)[C@@H]([C@@H](C)CC)OC(=O)[C@H](C(C)(C)O)N(C)C(=O)[C@H](CC(C)C)NC(=O)C(C(C)C)N(C)C1=O. The number of piperazine rings is 1. The summed E-state index contributed by atoms with van der Waals surface area (Å²) in [5, 5.41) is 20.7. The van der Waals surface area contributed by atoms with Gasteiger partial charge in [0.2, 0.25) is 41.4 Å². The molecule has 4 N–H and O–H groups in total. The van der Waals surface area contributed by atoms with Crippen LogP contribution in [0.2, 0.25) is 0 Å². The number of hydrogen-bond acceptors (Lipinski definition) is 13. The van der Waals surface area contributed by atoms with Crippen molar-refractivity contribution in [3.8, 4) is 11.1 Å². The van der Waals surface area contributed by atoms with E-state index in [1.54, 1.807) is 41.5 Å². The van der Waals surface area contributed by atoms with E-state index in [0.717, 1.165) is 47.9 Å². The quantitative estimate of drug-likeness (QED) is 0.132. The van der Waals surface area contributed by atoms with Crippen molar-refractivity contribution >= 4 is 58.9 Å². The number of likely N-dealkylation sites (N-methyl/N-ethyl adjacent to an activating group) is 5. The first-order chi connectivity index (χ1) is 43.3. The Morgan fingerprint density at radius 2 is 1.11 bits per heavy atom. The third kappa shape index (κ3) is 18.0. The number of aliphatic hydroxyl groups is 1. The second kappa shape index (κ2) is 32.4. The summed E-state index contributed by atoms with van der Waals surface area (Å²) in [5.41, 5.74) is 2.36. The topological polar surface area (TPSA) is 242 Å². The molecule has 0 radical (unpaired) electrons. The number of rotatable bonds is 15. The Morgan fingerprint density at radius 1 is 0.554 bits per heavy atom. The molecular formula is C71H106N10O11. The highest BCUT2D eigenvalue weighted by atomic mass is 16.6. The third-order valence-corrected chi connectivity index (χ3v) is 19.0. The lowest BCUT2D eigenvalue weighted by atomic mass is 9.93. The summed E-state index contributed by atoms with van der Waals surface area (Å²) in [6, 6.07) is 14.9. The van der Waals surface area contributed by atoms with Crippen molar-refractivity contribution in [1.29, 1.82) is 0 Å². The number of amides is 8. The number of hydrogen-bond donors (Lipinski definition) is 4. The minimum Gasteiger partial charge on any atom is -0.450 e. The van der Waals surface area contributed by atoms with Crippen LogP contribution in [0.15, 0.2) is 78.9 Å². The summed E-state index contributed by atoms with van der Waals surface area (Å²) < 4.78 is 6.15. The Kier molecular flexibility index (Phi) is 26.0. The average molecular weight is 1280 g/mol. The summed E-state index contributed by atoms with van der Waals surface area (Å²) in [5.74, 6) is -8.78. The molecule has 92 heavy (non-hydrogen) atoms. The molecule has 0 aliphatic carbocycles. The molecule has 506 valence electrons. The number of ether oxygens (including phenoxy) is 1. The van der Waals surface area contributed by atoms with Gasteiger partial charge in [-0.2, -0.15) is 0 Å². The van der Waals surface area contributed by atoms with E-state index >= 15 is 28.8 Å². The highest BCUT2D eigenvalue weighted by molar-refractivity contribution is 5.99. The second-order valence-electron chi connectivity index (χ2n) is 27.7. The van der Waals surface area contributed by atoms with E-state index in [4.69, 9.17) is 4.74 Å². The van der Waals surface area contributed by atoms with E-state index in [2.05, 4.69) is 57.1 Å². The van der Waals surface area contributed by atoms with Crippen LogP contribution < -0.4 is 20.9 Å². The van der Waals surface area contributed by atoms with Crippen molar-refractivity contribution < 1.29 is 53.0 Å². The number of anilines is 1. The zero-order valence-corrected chi connectivity index (χ0v) is 57.7. The molecule has 0 aromatic heterocycles. The lowest BCUT2D eigenvalue weighted by Gasteiger charge is -2.39. The number of carbonyl (C=O) groups is 9. The van der Waals surface area contributed by atoms with Crippen LogP contribution in [0, 0.1) is 29.6 Å². The lowest BCUT2D eigenvalue weighted by Crippen LogP contribution is -2.63. The molecule has 0 saturated carbocycles. The summed E-state index contributed by atoms with van der Waals surface area (Å²) in [7, 11) is 7.84. The normalized spacial score (nSPS) is 25.7. The zero-order chi connectivity index (χ0) is 68.2. The fourth-order valence-electron chi connectivity index (χ4n) is 13.2. The van der Waals surface area contributed by atoms with Gasteiger partial charge < -0.3 is 60.1 Å². The first-order valence-corrected chi connectivity index (χ1v) is 33.2. The standard InChI is InChI=1S/C71H106N10O11/c1-18-46(9)57-68(88)77(15)58(44(5)6)63(83)72-53(39-43(3)4)66(86)79(17)61(71(11,12)91)70(90)92-60(47(10)19-2)69(89)78(16)59(45(7)8)64(84)73-54(41-48-25-21-20-22-26-48)65(85)76(14)56(67(87)81-34-24-29-55(81)62(82)74-57)42-49-27-23-28-51(40-49)50-30-32-52(33-31-50)80-37-35-75(13)36-38-80/h20-23,25-28,30-33,40,43-47,53-61,91H,18-19,24,29,34-39,41-42H2,1-17H3,(H,72,83)(H,73,84)(H,74,82)/t46-,47-,53-,54-,55-,56-,57-,58?,59?,60+,61+/m0/s1. The van der Waals surface area contributed by atoms with Crippen molar-refractivity contribution in [3.63, 3.8) is 0 Å². The number of carbonyl (C=O) groups excluding carboxylic acids is 9. The molecule has 11 atom stereocenters. The van der Waals surface area contributed by atoms with Gasteiger partial charge in [-0.15, -0.1) is 0 Å². The molecule has 3 aromatic rings. The molecule has 3 aromatic carbocycles. The first kappa shape index (κ1) is 73.7. The minimum atomic E-state index is -1.98. The highest BCUT2D eigenvalue weighted by Crippen LogP contribution is 2.30. The van der Waals surface area contributed by atoms with E-state index in [1.807, 2.05) is 82.3 Å². The van der Waals surface area contributed by atoms with Crippen molar-refractivity contribution in [2.75, 3.05) is 72.9 Å². The van der Waals surface area contributed by atoms with E-state index in [-0.39, 0.29) is 38.1 Å². The molecule has 3 heterocycles. The lowest BCUT2D eigenvalue weighted by molar-refractivity contribution is -0.177. The van der Waals surface area contributed by atoms with Gasteiger partial charge in [-0.3, -0.25) is 38.4 Å². The second-order valence-corrected chi connectivity index (χ2v) is 27.7. The van der Waals surface area contributed by atoms with Crippen LogP contribution in [0.1, 0.15) is 126 Å². The van der Waals surface area contributed by atoms with Gasteiger partial charge in [-0.25, -0.2) is 4.79 Å². The number of esters is 1. The van der Waals surface area contributed by atoms with Crippen LogP contribution in [-0.4, -0.2) is 216 Å². The van der Waals surface area contributed by atoms with E-state index in [0.29, 0.717) is 30.4 Å². The molecule has 0 spiro atoms. The predicted molar refractivity (Wildman–Crippen MR) is 356 cm³/mol. The average Bonchev–Trinajstić information content (AvgIpc) is 1.31. The van der Waals surface area contributed by atoms with Gasteiger partial charge in [-0.05, 0) is 105 Å². The van der Waals surface area contributed by atoms with Gasteiger partial charge in [-0.1, -0.05) is 142 Å². The van der Waals surface area contributed by atoms with Gasteiger partial charge in [0.05, 0.1) is 5.60 Å². The van der Waals surface area contributed by atoms with Crippen LogP contribution in [0.3, 0.4) is 0 Å². The summed E-state index contributed by atoms with van der Waals surface area (Å²) in [4.78, 5) is 148. The highest BCUT2D eigenvalue weighted by Gasteiger charge is 2.48. The molecule has 3 aliphatic heterocycles. The van der Waals surface area contributed by atoms with E-state index in [1.165, 1.54) is 61.6 Å².